The molecule has 1 amide bonds. The highest BCUT2D eigenvalue weighted by Gasteiger charge is 2.61. The van der Waals surface area contributed by atoms with E-state index in [0.717, 1.165) is 22.9 Å². The fraction of sp³-hybridized carbons (Fsp3) is 0.571. The van der Waals surface area contributed by atoms with Crippen molar-refractivity contribution in [1.82, 2.24) is 9.88 Å². The molecule has 1 radical (unpaired) electrons. The van der Waals surface area contributed by atoms with Crippen molar-refractivity contribution >= 4 is 43.8 Å². The summed E-state index contributed by atoms with van der Waals surface area (Å²) < 4.78 is 98.8. The molecule has 0 spiro atoms. The van der Waals surface area contributed by atoms with Crippen molar-refractivity contribution in [2.45, 2.75) is 70.1 Å². The van der Waals surface area contributed by atoms with Crippen molar-refractivity contribution in [2.75, 3.05) is 26.7 Å². The lowest BCUT2D eigenvalue weighted by atomic mass is 9.76. The Morgan fingerprint density at radius 1 is 0.953 bits per heavy atom. The highest BCUT2D eigenvalue weighted by molar-refractivity contribution is 6.87. The van der Waals surface area contributed by atoms with Crippen LogP contribution < -0.4 is 10.4 Å². The number of benzene rings is 2. The molecule has 0 bridgehead atoms. The Morgan fingerprint density at radius 2 is 1.51 bits per heavy atom. The quantitative estimate of drug-likeness (QED) is 0.347. The van der Waals surface area contributed by atoms with E-state index >= 15 is 0 Å². The molecular weight excluding hydrogens is 597 g/mol. The van der Waals surface area contributed by atoms with Gasteiger partial charge >= 0.3 is 28.4 Å². The molecule has 0 saturated carbocycles. The minimum atomic E-state index is -5.04. The summed E-state index contributed by atoms with van der Waals surface area (Å²) in [6.45, 7) is 5.18. The maximum absolute atomic E-state index is 14.4. The zero-order valence-electron chi connectivity index (χ0n) is 24.5. The van der Waals surface area contributed by atoms with E-state index in [9.17, 15) is 35.9 Å². The minimum absolute atomic E-state index is 0.0959. The van der Waals surface area contributed by atoms with Crippen LogP contribution in [0.4, 0.5) is 31.1 Å². The number of methoxy groups -OCH3 is 1. The zero-order valence-corrected chi connectivity index (χ0v) is 25.5. The predicted molar refractivity (Wildman–Crippen MR) is 150 cm³/mol. The molecule has 235 valence electrons. The van der Waals surface area contributed by atoms with Crippen LogP contribution in [0.5, 0.6) is 0 Å². The normalized spacial score (nSPS) is 20.4. The number of piperidine rings is 1. The molecule has 4 rings (SSSR count). The van der Waals surface area contributed by atoms with Gasteiger partial charge in [0.25, 0.3) is 5.59 Å². The Morgan fingerprint density at radius 3 is 2.05 bits per heavy atom. The van der Waals surface area contributed by atoms with Gasteiger partial charge in [-0.25, -0.2) is 0 Å². The second-order valence-corrected chi connectivity index (χ2v) is 14.0. The first-order chi connectivity index (χ1) is 19.8. The molecule has 0 atom stereocenters. The SMILES string of the molecule is COC(=O)[Si](Cc1cccc2c(B3OC(C)(C)C(C)(C)O3)cccc12)NC(=O)C1(C(F)(F)F)CCN(CC(F)(F)F)CC1. The molecule has 2 aliphatic rings. The van der Waals surface area contributed by atoms with Gasteiger partial charge in [-0.1, -0.05) is 36.4 Å². The molecule has 0 aliphatic carbocycles. The van der Waals surface area contributed by atoms with E-state index in [-0.39, 0.29) is 6.04 Å². The first-order valence-corrected chi connectivity index (χ1v) is 15.5. The molecule has 1 N–H and O–H groups in total. The summed E-state index contributed by atoms with van der Waals surface area (Å²) >= 11 is 0. The van der Waals surface area contributed by atoms with Crippen LogP contribution in [0.1, 0.15) is 46.1 Å². The number of fused-ring (bicyclic) bond motifs is 1. The van der Waals surface area contributed by atoms with Crippen LogP contribution in [0, 0.1) is 5.41 Å². The summed E-state index contributed by atoms with van der Waals surface area (Å²) in [7, 11) is -2.40. The molecule has 2 saturated heterocycles. The van der Waals surface area contributed by atoms with Gasteiger partial charge in [0, 0.05) is 0 Å². The van der Waals surface area contributed by atoms with Crippen molar-refractivity contribution < 1.29 is 50.0 Å². The number of alkyl halides is 6. The van der Waals surface area contributed by atoms with Gasteiger partial charge in [-0.3, -0.25) is 14.5 Å². The van der Waals surface area contributed by atoms with E-state index in [4.69, 9.17) is 14.0 Å². The lowest BCUT2D eigenvalue weighted by molar-refractivity contribution is -0.235. The second-order valence-electron chi connectivity index (χ2n) is 12.0. The fourth-order valence-electron chi connectivity index (χ4n) is 5.45. The number of nitrogens with zero attached hydrogens (tertiary/aromatic N) is 1. The maximum atomic E-state index is 14.4. The number of carbonyl (C=O) groups is 2. The van der Waals surface area contributed by atoms with Crippen LogP contribution in [0.3, 0.4) is 0 Å². The van der Waals surface area contributed by atoms with E-state index in [1.54, 1.807) is 24.3 Å². The molecule has 2 aromatic rings. The Bertz CT molecular complexity index is 1350. The number of hydrogen-bond acceptors (Lipinski definition) is 6. The van der Waals surface area contributed by atoms with Crippen LogP contribution in [-0.2, 0) is 24.9 Å². The summed E-state index contributed by atoms with van der Waals surface area (Å²) in [4.78, 5) is 29.3. The number of hydrogen-bond donors (Lipinski definition) is 1. The molecular formula is C28H34BF6N2O5Si. The highest BCUT2D eigenvalue weighted by Crippen LogP contribution is 2.47. The second kappa shape index (κ2) is 11.7. The number of ether oxygens (including phenoxy) is 1. The molecule has 2 fully saturated rings. The van der Waals surface area contributed by atoms with Crippen LogP contribution in [0.2, 0.25) is 0 Å². The van der Waals surface area contributed by atoms with Crippen molar-refractivity contribution in [2.24, 2.45) is 5.41 Å². The fourth-order valence-corrected chi connectivity index (χ4v) is 7.24. The highest BCUT2D eigenvalue weighted by atomic mass is 28.3. The average Bonchev–Trinajstić information content (AvgIpc) is 3.12. The van der Waals surface area contributed by atoms with Gasteiger partial charge in [0.1, 0.15) is 5.41 Å². The maximum Gasteiger partial charge on any atom is 0.495 e. The summed E-state index contributed by atoms with van der Waals surface area (Å²) in [5.74, 6) is -1.43. The minimum Gasteiger partial charge on any atom is -0.472 e. The number of nitrogens with one attached hydrogen (secondary N) is 1. The first kappa shape index (κ1) is 33.3. The van der Waals surface area contributed by atoms with Crippen molar-refractivity contribution in [1.29, 1.82) is 0 Å². The first-order valence-electron chi connectivity index (χ1n) is 13.8. The predicted octanol–water partition coefficient (Wildman–Crippen LogP) is 4.88. The average molecular weight is 631 g/mol. The number of rotatable bonds is 7. The molecule has 2 aliphatic heterocycles. The zero-order chi connectivity index (χ0) is 32.0. The molecule has 0 aromatic heterocycles. The van der Waals surface area contributed by atoms with E-state index in [1.807, 2.05) is 39.8 Å². The third kappa shape index (κ3) is 6.74. The molecule has 2 aromatic carbocycles. The Balaban J connectivity index is 1.61. The molecule has 7 nitrogen and oxygen atoms in total. The van der Waals surface area contributed by atoms with Gasteiger partial charge in [-0.15, -0.1) is 0 Å². The number of amides is 1. The van der Waals surface area contributed by atoms with Gasteiger partial charge in [-0.05, 0) is 81.5 Å². The third-order valence-electron chi connectivity index (χ3n) is 8.71. The number of halogens is 6. The van der Waals surface area contributed by atoms with E-state index < -0.39 is 89.0 Å². The number of carbonyl (C=O) groups excluding carboxylic acids is 2. The summed E-state index contributed by atoms with van der Waals surface area (Å²) in [5, 5.41) is 1.45. The van der Waals surface area contributed by atoms with E-state index in [1.165, 1.54) is 0 Å². The standard InChI is InChI=1S/C28H34BF6N2O5Si/c1-24(2)25(3,4)42-29(41-24)21-11-7-9-19-18(8-6-10-20(19)21)16-43(23(39)40-5)36-22(38)26(28(33,34)35)12-14-37(15-13-26)17-27(30,31)32/h6-11H,12-17H2,1-5H3,(H,36,38). The van der Waals surface area contributed by atoms with Gasteiger partial charge in [-0.2, -0.15) is 26.3 Å². The molecule has 43 heavy (non-hydrogen) atoms. The third-order valence-corrected chi connectivity index (χ3v) is 10.7. The van der Waals surface area contributed by atoms with Crippen LogP contribution in [0.25, 0.3) is 10.8 Å². The molecule has 2 heterocycles. The van der Waals surface area contributed by atoms with E-state index in [0.29, 0.717) is 10.9 Å². The van der Waals surface area contributed by atoms with Gasteiger partial charge in [0.2, 0.25) is 5.91 Å². The van der Waals surface area contributed by atoms with Gasteiger partial charge < -0.3 is 19.0 Å². The Hall–Kier alpha value is -2.62. The molecule has 0 unspecified atom stereocenters. The van der Waals surface area contributed by atoms with Crippen LogP contribution in [0.15, 0.2) is 36.4 Å². The number of likely N-dealkylation sites (tertiary alicyclic amines) is 1. The summed E-state index contributed by atoms with van der Waals surface area (Å²) in [5.41, 5.74) is -3.65. The van der Waals surface area contributed by atoms with Crippen molar-refractivity contribution in [3.63, 3.8) is 0 Å². The Labute approximate surface area is 248 Å². The largest absolute Gasteiger partial charge is 0.495 e. The Kier molecular flexibility index (Phi) is 9.06. The van der Waals surface area contributed by atoms with E-state index in [2.05, 4.69) is 4.98 Å². The smallest absolute Gasteiger partial charge is 0.472 e. The molecule has 15 heteroatoms. The summed E-state index contributed by atoms with van der Waals surface area (Å²) in [6.07, 6.45) is -11.3. The lowest BCUT2D eigenvalue weighted by Crippen LogP contribution is -2.61. The van der Waals surface area contributed by atoms with Gasteiger partial charge in [0.05, 0.1) is 24.9 Å². The topological polar surface area (TPSA) is 77.1 Å². The van der Waals surface area contributed by atoms with Crippen molar-refractivity contribution in [3.05, 3.63) is 42.0 Å². The van der Waals surface area contributed by atoms with Crippen LogP contribution >= 0.6 is 0 Å². The summed E-state index contributed by atoms with van der Waals surface area (Å²) in [6, 6.07) is 10.6. The monoisotopic (exact) mass is 631 g/mol. The lowest BCUT2D eigenvalue weighted by Gasteiger charge is -2.42. The van der Waals surface area contributed by atoms with Gasteiger partial charge in [0.15, 0.2) is 0 Å². The van der Waals surface area contributed by atoms with Crippen molar-refractivity contribution in [3.8, 4) is 0 Å². The van der Waals surface area contributed by atoms with Crippen LogP contribution in [-0.4, -0.2) is 82.8 Å².